The van der Waals surface area contributed by atoms with Gasteiger partial charge in [-0.3, -0.25) is 4.79 Å². The van der Waals surface area contributed by atoms with E-state index in [1.54, 1.807) is 44.6 Å². The van der Waals surface area contributed by atoms with Crippen LogP contribution in [-0.4, -0.2) is 20.1 Å². The quantitative estimate of drug-likeness (QED) is 0.827. The van der Waals surface area contributed by atoms with Gasteiger partial charge >= 0.3 is 0 Å². The minimum absolute atomic E-state index is 0.180. The standard InChI is InChI=1S/C16H18N2O3/c1-20-14-7-6-12(15(9-14)21-2)10-18-16(19)11-4-3-5-13(17)8-11/h3-9H,10,17H2,1-2H3,(H,18,19). The van der Waals surface area contributed by atoms with Crippen molar-refractivity contribution in [3.63, 3.8) is 0 Å². The van der Waals surface area contributed by atoms with E-state index in [-0.39, 0.29) is 5.91 Å². The van der Waals surface area contributed by atoms with Crippen molar-refractivity contribution in [1.82, 2.24) is 5.32 Å². The molecule has 2 rings (SSSR count). The van der Waals surface area contributed by atoms with Gasteiger partial charge < -0.3 is 20.5 Å². The number of anilines is 1. The lowest BCUT2D eigenvalue weighted by molar-refractivity contribution is 0.0950. The molecule has 0 saturated carbocycles. The zero-order valence-electron chi connectivity index (χ0n) is 12.1. The number of nitrogens with one attached hydrogen (secondary N) is 1. The summed E-state index contributed by atoms with van der Waals surface area (Å²) >= 11 is 0. The second-order valence-electron chi connectivity index (χ2n) is 4.49. The van der Waals surface area contributed by atoms with Gasteiger partial charge in [0.25, 0.3) is 5.91 Å². The Morgan fingerprint density at radius 1 is 1.14 bits per heavy atom. The second-order valence-corrected chi connectivity index (χ2v) is 4.49. The first-order valence-corrected chi connectivity index (χ1v) is 6.48. The Balaban J connectivity index is 2.07. The number of nitrogens with two attached hydrogens (primary N) is 1. The van der Waals surface area contributed by atoms with E-state index in [4.69, 9.17) is 15.2 Å². The predicted octanol–water partition coefficient (Wildman–Crippen LogP) is 2.22. The number of hydrogen-bond donors (Lipinski definition) is 2. The fraction of sp³-hybridized carbons (Fsp3) is 0.188. The van der Waals surface area contributed by atoms with E-state index in [1.165, 1.54) is 0 Å². The summed E-state index contributed by atoms with van der Waals surface area (Å²) in [4.78, 5) is 12.1. The highest BCUT2D eigenvalue weighted by atomic mass is 16.5. The number of benzene rings is 2. The summed E-state index contributed by atoms with van der Waals surface area (Å²) in [6.45, 7) is 0.362. The highest BCUT2D eigenvalue weighted by Gasteiger charge is 2.09. The third kappa shape index (κ3) is 3.66. The Hall–Kier alpha value is -2.69. The molecule has 0 spiro atoms. The van der Waals surface area contributed by atoms with E-state index in [0.717, 1.165) is 5.56 Å². The topological polar surface area (TPSA) is 73.6 Å². The van der Waals surface area contributed by atoms with E-state index >= 15 is 0 Å². The van der Waals surface area contributed by atoms with Gasteiger partial charge in [-0.25, -0.2) is 0 Å². The summed E-state index contributed by atoms with van der Waals surface area (Å²) in [5.74, 6) is 1.19. The lowest BCUT2D eigenvalue weighted by Gasteiger charge is -2.11. The van der Waals surface area contributed by atoms with Crippen molar-refractivity contribution in [1.29, 1.82) is 0 Å². The van der Waals surface area contributed by atoms with E-state index in [1.807, 2.05) is 12.1 Å². The maximum Gasteiger partial charge on any atom is 0.251 e. The van der Waals surface area contributed by atoms with Crippen LogP contribution >= 0.6 is 0 Å². The molecule has 0 radical (unpaired) electrons. The number of methoxy groups -OCH3 is 2. The van der Waals surface area contributed by atoms with Gasteiger partial charge in [0.1, 0.15) is 11.5 Å². The van der Waals surface area contributed by atoms with Gasteiger partial charge in [0.05, 0.1) is 14.2 Å². The average molecular weight is 286 g/mol. The zero-order valence-corrected chi connectivity index (χ0v) is 12.1. The monoisotopic (exact) mass is 286 g/mol. The molecule has 0 fully saturated rings. The molecule has 5 heteroatoms. The number of carbonyl (C=O) groups is 1. The Morgan fingerprint density at radius 2 is 1.95 bits per heavy atom. The maximum atomic E-state index is 12.1. The average Bonchev–Trinajstić information content (AvgIpc) is 2.52. The summed E-state index contributed by atoms with van der Waals surface area (Å²) in [5, 5.41) is 2.84. The predicted molar refractivity (Wildman–Crippen MR) is 81.6 cm³/mol. The molecule has 21 heavy (non-hydrogen) atoms. The molecule has 5 nitrogen and oxygen atoms in total. The molecule has 0 aromatic heterocycles. The van der Waals surface area contributed by atoms with Crippen LogP contribution in [0.4, 0.5) is 5.69 Å². The highest BCUT2D eigenvalue weighted by Crippen LogP contribution is 2.24. The minimum atomic E-state index is -0.180. The first kappa shape index (κ1) is 14.7. The molecule has 0 heterocycles. The van der Waals surface area contributed by atoms with Crippen molar-refractivity contribution in [2.45, 2.75) is 6.54 Å². The van der Waals surface area contributed by atoms with Crippen molar-refractivity contribution >= 4 is 11.6 Å². The summed E-state index contributed by atoms with van der Waals surface area (Å²) in [6.07, 6.45) is 0. The molecule has 110 valence electrons. The van der Waals surface area contributed by atoms with Gasteiger partial charge in [-0.15, -0.1) is 0 Å². The van der Waals surface area contributed by atoms with E-state index in [0.29, 0.717) is 29.3 Å². The highest BCUT2D eigenvalue weighted by molar-refractivity contribution is 5.94. The van der Waals surface area contributed by atoms with E-state index < -0.39 is 0 Å². The number of hydrogen-bond acceptors (Lipinski definition) is 4. The summed E-state index contributed by atoms with van der Waals surface area (Å²) in [7, 11) is 3.17. The molecule has 0 saturated heterocycles. The van der Waals surface area contributed by atoms with Crippen LogP contribution in [0, 0.1) is 0 Å². The van der Waals surface area contributed by atoms with Crippen LogP contribution in [0.1, 0.15) is 15.9 Å². The molecule has 0 aliphatic carbocycles. The Labute approximate surface area is 123 Å². The van der Waals surface area contributed by atoms with Crippen molar-refractivity contribution in [3.05, 3.63) is 53.6 Å². The van der Waals surface area contributed by atoms with Gasteiger partial charge in [-0.1, -0.05) is 6.07 Å². The van der Waals surface area contributed by atoms with Crippen LogP contribution in [0.15, 0.2) is 42.5 Å². The molecule has 0 bridgehead atoms. The van der Waals surface area contributed by atoms with E-state index in [9.17, 15) is 4.79 Å². The molecular formula is C16H18N2O3. The maximum absolute atomic E-state index is 12.1. The molecule has 0 aliphatic rings. The number of amides is 1. The Bertz CT molecular complexity index is 641. The van der Waals surface area contributed by atoms with Gasteiger partial charge in [-0.2, -0.15) is 0 Å². The SMILES string of the molecule is COc1ccc(CNC(=O)c2cccc(N)c2)c(OC)c1. The Kier molecular flexibility index (Phi) is 4.66. The van der Waals surface area contributed by atoms with Crippen LogP contribution in [0.2, 0.25) is 0 Å². The van der Waals surface area contributed by atoms with Gasteiger partial charge in [0, 0.05) is 29.4 Å². The smallest absolute Gasteiger partial charge is 0.251 e. The van der Waals surface area contributed by atoms with Crippen molar-refractivity contribution in [2.75, 3.05) is 20.0 Å². The summed E-state index contributed by atoms with van der Waals surface area (Å²) in [6, 6.07) is 12.3. The van der Waals surface area contributed by atoms with Crippen LogP contribution in [0.3, 0.4) is 0 Å². The van der Waals surface area contributed by atoms with Gasteiger partial charge in [-0.05, 0) is 30.3 Å². The van der Waals surface area contributed by atoms with Crippen LogP contribution < -0.4 is 20.5 Å². The van der Waals surface area contributed by atoms with Crippen molar-refractivity contribution in [2.24, 2.45) is 0 Å². The van der Waals surface area contributed by atoms with Crippen molar-refractivity contribution < 1.29 is 14.3 Å². The van der Waals surface area contributed by atoms with Crippen molar-refractivity contribution in [3.8, 4) is 11.5 Å². The van der Waals surface area contributed by atoms with E-state index in [2.05, 4.69) is 5.32 Å². The number of carbonyl (C=O) groups excluding carboxylic acids is 1. The summed E-state index contributed by atoms with van der Waals surface area (Å²) in [5.41, 5.74) is 7.63. The lowest BCUT2D eigenvalue weighted by atomic mass is 10.1. The molecular weight excluding hydrogens is 268 g/mol. The zero-order chi connectivity index (χ0) is 15.2. The van der Waals surface area contributed by atoms with Crippen LogP contribution in [0.25, 0.3) is 0 Å². The third-order valence-electron chi connectivity index (χ3n) is 3.08. The first-order valence-electron chi connectivity index (χ1n) is 6.48. The minimum Gasteiger partial charge on any atom is -0.497 e. The fourth-order valence-electron chi connectivity index (χ4n) is 1.96. The molecule has 1 amide bonds. The molecule has 2 aromatic carbocycles. The summed E-state index contributed by atoms with van der Waals surface area (Å²) < 4.78 is 10.4. The molecule has 2 aromatic rings. The normalized spacial score (nSPS) is 10.0. The molecule has 3 N–H and O–H groups in total. The lowest BCUT2D eigenvalue weighted by Crippen LogP contribution is -2.23. The third-order valence-corrected chi connectivity index (χ3v) is 3.08. The molecule has 0 unspecified atom stereocenters. The number of ether oxygens (including phenoxy) is 2. The fourth-order valence-corrected chi connectivity index (χ4v) is 1.96. The molecule has 0 atom stereocenters. The van der Waals surface area contributed by atoms with Crippen LogP contribution in [0.5, 0.6) is 11.5 Å². The van der Waals surface area contributed by atoms with Crippen LogP contribution in [-0.2, 0) is 6.54 Å². The molecule has 0 aliphatic heterocycles. The van der Waals surface area contributed by atoms with Gasteiger partial charge in [0.2, 0.25) is 0 Å². The Morgan fingerprint density at radius 3 is 2.62 bits per heavy atom. The second kappa shape index (κ2) is 6.65. The number of nitrogen functional groups attached to an aromatic ring is 1. The largest absolute Gasteiger partial charge is 0.497 e. The number of rotatable bonds is 5. The van der Waals surface area contributed by atoms with Gasteiger partial charge in [0.15, 0.2) is 0 Å². The first-order chi connectivity index (χ1) is 10.1.